The summed E-state index contributed by atoms with van der Waals surface area (Å²) in [5.41, 5.74) is 7.63. The molecule has 1 atom stereocenters. The van der Waals surface area contributed by atoms with E-state index in [-0.39, 0.29) is 18.9 Å². The van der Waals surface area contributed by atoms with Gasteiger partial charge in [0.05, 0.1) is 0 Å². The molecular weight excluding hydrogens is 606 g/mol. The van der Waals surface area contributed by atoms with Gasteiger partial charge in [-0.3, -0.25) is 4.90 Å². The molecule has 1 aliphatic carbocycles. The van der Waals surface area contributed by atoms with Gasteiger partial charge in [-0.25, -0.2) is 9.59 Å². The number of hydrogen-bond donors (Lipinski definition) is 2. The number of benzene rings is 4. The number of hydrogen-bond acceptors (Lipinski definition) is 5. The molecule has 2 aliphatic rings. The summed E-state index contributed by atoms with van der Waals surface area (Å²) >= 11 is 3.59. The molecule has 0 spiro atoms. The first-order valence-corrected chi connectivity index (χ1v) is 15.4. The van der Waals surface area contributed by atoms with Crippen LogP contribution in [0.4, 0.5) is 10.5 Å². The van der Waals surface area contributed by atoms with Crippen LogP contribution in [-0.4, -0.2) is 60.9 Å². The second-order valence-electron chi connectivity index (χ2n) is 11.1. The maximum atomic E-state index is 12.9. The van der Waals surface area contributed by atoms with Gasteiger partial charge in [-0.15, -0.1) is 0 Å². The molecular formula is C35H34BrN3O4. The molecule has 1 saturated heterocycles. The van der Waals surface area contributed by atoms with Gasteiger partial charge in [0.25, 0.3) is 0 Å². The zero-order chi connectivity index (χ0) is 29.8. The first kappa shape index (κ1) is 29.0. The Kier molecular flexibility index (Phi) is 8.77. The van der Waals surface area contributed by atoms with E-state index in [0.717, 1.165) is 70.7 Å². The van der Waals surface area contributed by atoms with Gasteiger partial charge in [-0.05, 0) is 45.5 Å². The van der Waals surface area contributed by atoms with Crippen molar-refractivity contribution >= 4 is 33.7 Å². The minimum Gasteiger partial charge on any atom is -0.480 e. The summed E-state index contributed by atoms with van der Waals surface area (Å²) in [5.74, 6) is -1.20. The Bertz CT molecular complexity index is 1560. The van der Waals surface area contributed by atoms with Crippen molar-refractivity contribution in [3.63, 3.8) is 0 Å². The number of alkyl carbamates (subject to hydrolysis) is 1. The third-order valence-electron chi connectivity index (χ3n) is 8.37. The lowest BCUT2D eigenvalue weighted by molar-refractivity contribution is -0.139. The summed E-state index contributed by atoms with van der Waals surface area (Å²) in [6, 6.07) is 31.4. The number of carboxylic acids is 1. The number of nitrogens with one attached hydrogen (secondary N) is 1. The molecule has 1 heterocycles. The number of carbonyl (C=O) groups excluding carboxylic acids is 1. The third-order valence-corrected chi connectivity index (χ3v) is 8.86. The number of halogens is 1. The van der Waals surface area contributed by atoms with Gasteiger partial charge in [-0.1, -0.05) is 101 Å². The van der Waals surface area contributed by atoms with Crippen molar-refractivity contribution in [3.8, 4) is 11.1 Å². The first-order valence-electron chi connectivity index (χ1n) is 14.6. The summed E-state index contributed by atoms with van der Waals surface area (Å²) in [4.78, 5) is 30.0. The Hall–Kier alpha value is -4.14. The van der Waals surface area contributed by atoms with Crippen LogP contribution in [0, 0.1) is 0 Å². The number of amides is 1. The molecule has 7 nitrogen and oxygen atoms in total. The van der Waals surface area contributed by atoms with Gasteiger partial charge >= 0.3 is 12.1 Å². The molecule has 4 aromatic carbocycles. The third kappa shape index (κ3) is 6.60. The van der Waals surface area contributed by atoms with E-state index in [1.165, 1.54) is 5.56 Å². The fourth-order valence-electron chi connectivity index (χ4n) is 6.19. The molecule has 43 heavy (non-hydrogen) atoms. The summed E-state index contributed by atoms with van der Waals surface area (Å²) in [6.45, 7) is 4.50. The summed E-state index contributed by atoms with van der Waals surface area (Å²) in [6.07, 6.45) is -0.589. The van der Waals surface area contributed by atoms with Crippen molar-refractivity contribution in [2.45, 2.75) is 24.9 Å². The van der Waals surface area contributed by atoms with Gasteiger partial charge in [-0.2, -0.15) is 0 Å². The Labute approximate surface area is 260 Å². The zero-order valence-electron chi connectivity index (χ0n) is 23.8. The average molecular weight is 641 g/mol. The quantitative estimate of drug-likeness (QED) is 0.223. The lowest BCUT2D eigenvalue weighted by atomic mass is 9.98. The molecule has 8 heteroatoms. The number of piperazine rings is 1. The van der Waals surface area contributed by atoms with Crippen LogP contribution in [0.2, 0.25) is 0 Å². The number of carbonyl (C=O) groups is 2. The van der Waals surface area contributed by atoms with E-state index in [1.54, 1.807) is 0 Å². The fraction of sp³-hybridized carbons (Fsp3) is 0.257. The number of nitrogens with zero attached hydrogens (tertiary/aromatic N) is 2. The molecule has 0 radical (unpaired) electrons. The molecule has 0 saturated carbocycles. The summed E-state index contributed by atoms with van der Waals surface area (Å²) in [7, 11) is 0. The fourth-order valence-corrected chi connectivity index (χ4v) is 6.54. The van der Waals surface area contributed by atoms with E-state index < -0.39 is 18.1 Å². The van der Waals surface area contributed by atoms with E-state index in [2.05, 4.69) is 79.6 Å². The standard InChI is InChI=1S/C35H34BrN3O4/c36-26-15-14-25(33(21-26)39-18-16-38(17-19-39)22-24-8-2-1-3-9-24)20-32(34(40)41)37-35(42)43-23-31-29-12-6-4-10-27(29)28-11-5-7-13-30(28)31/h1-15,21,31-32H,16-20,22-23H2,(H,37,42)(H,40,41). The van der Waals surface area contributed by atoms with Gasteiger partial charge < -0.3 is 20.1 Å². The zero-order valence-corrected chi connectivity index (χ0v) is 25.4. The van der Waals surface area contributed by atoms with Crippen LogP contribution < -0.4 is 10.2 Å². The van der Waals surface area contributed by atoms with E-state index in [4.69, 9.17) is 4.74 Å². The van der Waals surface area contributed by atoms with Crippen LogP contribution in [0.3, 0.4) is 0 Å². The van der Waals surface area contributed by atoms with Crippen molar-refractivity contribution in [2.75, 3.05) is 37.7 Å². The van der Waals surface area contributed by atoms with E-state index in [9.17, 15) is 14.7 Å². The topological polar surface area (TPSA) is 82.1 Å². The van der Waals surface area contributed by atoms with Crippen LogP contribution in [0.5, 0.6) is 0 Å². The molecule has 220 valence electrons. The molecule has 4 aromatic rings. The molecule has 1 unspecified atom stereocenters. The summed E-state index contributed by atoms with van der Waals surface area (Å²) < 4.78 is 6.57. The highest BCUT2D eigenvalue weighted by atomic mass is 79.9. The van der Waals surface area contributed by atoms with E-state index >= 15 is 0 Å². The highest BCUT2D eigenvalue weighted by Gasteiger charge is 2.30. The van der Waals surface area contributed by atoms with Crippen LogP contribution in [-0.2, 0) is 22.5 Å². The summed E-state index contributed by atoms with van der Waals surface area (Å²) in [5, 5.41) is 12.7. The number of rotatable bonds is 9. The Morgan fingerprint density at radius 1 is 0.860 bits per heavy atom. The highest BCUT2D eigenvalue weighted by Crippen LogP contribution is 2.44. The number of anilines is 1. The largest absolute Gasteiger partial charge is 0.480 e. The first-order chi connectivity index (χ1) is 21.0. The van der Waals surface area contributed by atoms with E-state index in [0.29, 0.717) is 0 Å². The van der Waals surface area contributed by atoms with Gasteiger partial charge in [0.1, 0.15) is 12.6 Å². The predicted octanol–water partition coefficient (Wildman–Crippen LogP) is 6.31. The molecule has 2 N–H and O–H groups in total. The number of fused-ring (bicyclic) bond motifs is 3. The Morgan fingerprint density at radius 2 is 1.49 bits per heavy atom. The smallest absolute Gasteiger partial charge is 0.407 e. The van der Waals surface area contributed by atoms with Gasteiger partial charge in [0.2, 0.25) is 0 Å². The second-order valence-corrected chi connectivity index (χ2v) is 12.0. The van der Waals surface area contributed by atoms with E-state index in [1.807, 2.05) is 48.5 Å². The second kappa shape index (κ2) is 13.0. The minimum atomic E-state index is -1.13. The van der Waals surface area contributed by atoms with Crippen LogP contribution in [0.15, 0.2) is 102 Å². The maximum Gasteiger partial charge on any atom is 0.407 e. The van der Waals surface area contributed by atoms with Crippen LogP contribution in [0.25, 0.3) is 11.1 Å². The van der Waals surface area contributed by atoms with Crippen molar-refractivity contribution in [1.29, 1.82) is 0 Å². The van der Waals surface area contributed by atoms with Crippen molar-refractivity contribution < 1.29 is 19.4 Å². The van der Waals surface area contributed by atoms with Crippen molar-refractivity contribution in [3.05, 3.63) is 124 Å². The van der Waals surface area contributed by atoms with Crippen LogP contribution >= 0.6 is 15.9 Å². The predicted molar refractivity (Wildman–Crippen MR) is 171 cm³/mol. The maximum absolute atomic E-state index is 12.9. The molecule has 6 rings (SSSR count). The number of aliphatic carboxylic acids is 1. The van der Waals surface area contributed by atoms with Crippen LogP contribution in [0.1, 0.15) is 28.2 Å². The van der Waals surface area contributed by atoms with Crippen molar-refractivity contribution in [1.82, 2.24) is 10.2 Å². The normalized spacial score (nSPS) is 15.4. The molecule has 1 amide bonds. The number of ether oxygens (including phenoxy) is 1. The molecule has 1 aliphatic heterocycles. The van der Waals surface area contributed by atoms with Gasteiger partial charge in [0, 0.05) is 55.2 Å². The molecule has 0 aromatic heterocycles. The minimum absolute atomic E-state index is 0.0972. The Balaban J connectivity index is 1.10. The Morgan fingerprint density at radius 3 is 2.14 bits per heavy atom. The highest BCUT2D eigenvalue weighted by molar-refractivity contribution is 9.10. The molecule has 1 fully saturated rings. The average Bonchev–Trinajstić information content (AvgIpc) is 3.35. The lowest BCUT2D eigenvalue weighted by Gasteiger charge is -2.37. The van der Waals surface area contributed by atoms with Crippen molar-refractivity contribution in [2.24, 2.45) is 0 Å². The SMILES string of the molecule is O=C(NC(Cc1ccc(Br)cc1N1CCN(Cc2ccccc2)CC1)C(=O)O)OCC1c2ccccc2-c2ccccc21. The molecule has 0 bridgehead atoms. The lowest BCUT2D eigenvalue weighted by Crippen LogP contribution is -2.47. The number of carboxylic acid groups (broad SMARTS) is 1. The monoisotopic (exact) mass is 639 g/mol. The van der Waals surface area contributed by atoms with Gasteiger partial charge in [0.15, 0.2) is 0 Å².